The Morgan fingerprint density at radius 3 is 2.48 bits per heavy atom. The summed E-state index contributed by atoms with van der Waals surface area (Å²) >= 11 is 11.5. The van der Waals surface area contributed by atoms with Crippen molar-refractivity contribution in [2.45, 2.75) is 26.2 Å². The number of piperidine rings is 1. The van der Waals surface area contributed by atoms with Gasteiger partial charge < -0.3 is 19.7 Å². The van der Waals surface area contributed by atoms with E-state index in [-0.39, 0.29) is 12.5 Å². The Hall–Kier alpha value is -2.31. The van der Waals surface area contributed by atoms with Crippen molar-refractivity contribution in [3.05, 3.63) is 53.1 Å². The van der Waals surface area contributed by atoms with Crippen LogP contribution in [0.3, 0.4) is 0 Å². The van der Waals surface area contributed by atoms with Crippen LogP contribution >= 0.6 is 23.8 Å². The first-order valence-electron chi connectivity index (χ1n) is 9.81. The number of nitrogens with one attached hydrogen (secondary N) is 1. The Bertz CT molecular complexity index is 852. The van der Waals surface area contributed by atoms with Gasteiger partial charge in [-0.2, -0.15) is 0 Å². The number of anilines is 1. The van der Waals surface area contributed by atoms with Crippen LogP contribution in [0.1, 0.15) is 31.7 Å². The zero-order valence-corrected chi connectivity index (χ0v) is 18.0. The minimum atomic E-state index is -0.261. The second kappa shape index (κ2) is 10.5. The molecule has 1 aliphatic rings. The van der Waals surface area contributed by atoms with Crippen molar-refractivity contribution in [2.24, 2.45) is 0 Å². The molecule has 0 bridgehead atoms. The Balaban J connectivity index is 1.64. The fraction of sp³-hybridized carbons (Fsp3) is 0.364. The third-order valence-electron chi connectivity index (χ3n) is 4.62. The zero-order chi connectivity index (χ0) is 20.6. The number of carbonyl (C=O) groups is 1. The van der Waals surface area contributed by atoms with E-state index in [0.717, 1.165) is 23.6 Å². The summed E-state index contributed by atoms with van der Waals surface area (Å²) in [5.74, 6) is 0.842. The molecule has 2 aromatic rings. The first-order chi connectivity index (χ1) is 14.1. The molecule has 5 nitrogen and oxygen atoms in total. The maximum absolute atomic E-state index is 12.2. The van der Waals surface area contributed by atoms with Crippen molar-refractivity contribution < 1.29 is 14.3 Å². The summed E-state index contributed by atoms with van der Waals surface area (Å²) in [7, 11) is 0. The van der Waals surface area contributed by atoms with Gasteiger partial charge in [0.2, 0.25) is 0 Å². The molecule has 0 atom stereocenters. The largest absolute Gasteiger partial charge is 0.490 e. The van der Waals surface area contributed by atoms with E-state index in [1.54, 1.807) is 24.3 Å². The molecule has 1 fully saturated rings. The van der Waals surface area contributed by atoms with E-state index in [0.29, 0.717) is 28.8 Å². The highest BCUT2D eigenvalue weighted by Crippen LogP contribution is 2.30. The lowest BCUT2D eigenvalue weighted by Gasteiger charge is -2.29. The number of likely N-dealkylation sites (tertiary alicyclic amines) is 1. The highest BCUT2D eigenvalue weighted by atomic mass is 35.5. The van der Waals surface area contributed by atoms with Crippen molar-refractivity contribution in [3.8, 4) is 11.5 Å². The van der Waals surface area contributed by atoms with Crippen LogP contribution in [-0.2, 0) is 4.79 Å². The number of rotatable bonds is 7. The number of thiocarbonyl (C=S) groups is 1. The molecule has 0 unspecified atom stereocenters. The second-order valence-electron chi connectivity index (χ2n) is 6.79. The first-order valence-corrected chi connectivity index (χ1v) is 10.6. The van der Waals surface area contributed by atoms with Gasteiger partial charge in [0.1, 0.15) is 4.99 Å². The van der Waals surface area contributed by atoms with Crippen LogP contribution in [0.4, 0.5) is 5.69 Å². The van der Waals surface area contributed by atoms with Gasteiger partial charge in [-0.15, -0.1) is 0 Å². The smallest absolute Gasteiger partial charge is 0.262 e. The average molecular weight is 433 g/mol. The predicted octanol–water partition coefficient (Wildman–Crippen LogP) is 4.92. The molecular weight excluding hydrogens is 408 g/mol. The summed E-state index contributed by atoms with van der Waals surface area (Å²) in [4.78, 5) is 15.3. The third-order valence-corrected chi connectivity index (χ3v) is 5.37. The summed E-state index contributed by atoms with van der Waals surface area (Å²) in [5, 5.41) is 3.39. The van der Waals surface area contributed by atoms with Gasteiger partial charge in [-0.05, 0) is 68.7 Å². The van der Waals surface area contributed by atoms with Gasteiger partial charge in [0.05, 0.1) is 6.61 Å². The minimum Gasteiger partial charge on any atom is -0.490 e. The molecule has 29 heavy (non-hydrogen) atoms. The minimum absolute atomic E-state index is 0.126. The summed E-state index contributed by atoms with van der Waals surface area (Å²) in [6, 6.07) is 12.5. The van der Waals surface area contributed by atoms with Gasteiger partial charge in [0.15, 0.2) is 18.1 Å². The second-order valence-corrected chi connectivity index (χ2v) is 7.61. The third kappa shape index (κ3) is 6.08. The van der Waals surface area contributed by atoms with E-state index in [2.05, 4.69) is 10.2 Å². The monoisotopic (exact) mass is 432 g/mol. The molecule has 0 aliphatic carbocycles. The standard InChI is InChI=1S/C22H25ClN2O3S/c1-2-27-20-14-16(22(29)25-12-4-3-5-13-25)6-11-19(20)28-15-21(26)24-18-9-7-17(23)8-10-18/h6-11,14H,2-5,12-13,15H2,1H3,(H,24,26). The summed E-state index contributed by atoms with van der Waals surface area (Å²) in [6.45, 7) is 4.26. The maximum atomic E-state index is 12.2. The van der Waals surface area contributed by atoms with E-state index >= 15 is 0 Å². The molecule has 1 saturated heterocycles. The molecule has 1 amide bonds. The molecule has 0 spiro atoms. The predicted molar refractivity (Wildman–Crippen MR) is 120 cm³/mol. The van der Waals surface area contributed by atoms with Crippen LogP contribution in [0.5, 0.6) is 11.5 Å². The number of hydrogen-bond donors (Lipinski definition) is 1. The summed E-state index contributed by atoms with van der Waals surface area (Å²) < 4.78 is 11.4. The van der Waals surface area contributed by atoms with Crippen molar-refractivity contribution >= 4 is 40.4 Å². The number of nitrogens with zero attached hydrogens (tertiary/aromatic N) is 1. The Morgan fingerprint density at radius 1 is 1.07 bits per heavy atom. The molecule has 1 N–H and O–H groups in total. The lowest BCUT2D eigenvalue weighted by Crippen LogP contribution is -2.34. The average Bonchev–Trinajstić information content (AvgIpc) is 2.75. The Morgan fingerprint density at radius 2 is 1.79 bits per heavy atom. The molecule has 3 rings (SSSR count). The van der Waals surface area contributed by atoms with Crippen molar-refractivity contribution in [1.29, 1.82) is 0 Å². The Kier molecular flexibility index (Phi) is 7.72. The first kappa shape index (κ1) is 21.4. The van der Waals surface area contributed by atoms with E-state index in [9.17, 15) is 4.79 Å². The zero-order valence-electron chi connectivity index (χ0n) is 16.4. The molecule has 0 saturated carbocycles. The van der Waals surface area contributed by atoms with Crippen LogP contribution < -0.4 is 14.8 Å². The van der Waals surface area contributed by atoms with Gasteiger partial charge in [0.25, 0.3) is 5.91 Å². The van der Waals surface area contributed by atoms with Crippen molar-refractivity contribution in [3.63, 3.8) is 0 Å². The number of ether oxygens (including phenoxy) is 2. The quantitative estimate of drug-likeness (QED) is 0.629. The number of amides is 1. The molecule has 0 radical (unpaired) electrons. The number of carbonyl (C=O) groups excluding carboxylic acids is 1. The fourth-order valence-corrected chi connectivity index (χ4v) is 3.62. The molecule has 154 valence electrons. The van der Waals surface area contributed by atoms with Crippen LogP contribution in [0.25, 0.3) is 0 Å². The maximum Gasteiger partial charge on any atom is 0.262 e. The van der Waals surface area contributed by atoms with Crippen LogP contribution in [-0.4, -0.2) is 42.1 Å². The van der Waals surface area contributed by atoms with Crippen LogP contribution in [0.15, 0.2) is 42.5 Å². The van der Waals surface area contributed by atoms with Crippen LogP contribution in [0.2, 0.25) is 5.02 Å². The SMILES string of the molecule is CCOc1cc(C(=S)N2CCCCC2)ccc1OCC(=O)Nc1ccc(Cl)cc1. The molecule has 0 aromatic heterocycles. The van der Waals surface area contributed by atoms with Crippen molar-refractivity contribution in [2.75, 3.05) is 31.6 Å². The summed E-state index contributed by atoms with van der Waals surface area (Å²) in [6.07, 6.45) is 3.60. The number of halogens is 1. The lowest BCUT2D eigenvalue weighted by molar-refractivity contribution is -0.118. The van der Waals surface area contributed by atoms with E-state index in [4.69, 9.17) is 33.3 Å². The topological polar surface area (TPSA) is 50.8 Å². The lowest BCUT2D eigenvalue weighted by atomic mass is 10.1. The van der Waals surface area contributed by atoms with E-state index in [1.807, 2.05) is 25.1 Å². The highest BCUT2D eigenvalue weighted by molar-refractivity contribution is 7.80. The normalized spacial score (nSPS) is 13.7. The molecule has 1 aliphatic heterocycles. The van der Waals surface area contributed by atoms with E-state index < -0.39 is 0 Å². The molecule has 1 heterocycles. The number of hydrogen-bond acceptors (Lipinski definition) is 4. The molecule has 2 aromatic carbocycles. The van der Waals surface area contributed by atoms with Crippen LogP contribution in [0, 0.1) is 0 Å². The van der Waals surface area contributed by atoms with Crippen molar-refractivity contribution in [1.82, 2.24) is 4.90 Å². The van der Waals surface area contributed by atoms with Gasteiger partial charge >= 0.3 is 0 Å². The van der Waals surface area contributed by atoms with Gasteiger partial charge in [-0.3, -0.25) is 4.79 Å². The fourth-order valence-electron chi connectivity index (χ4n) is 3.18. The molecular formula is C22H25ClN2O3S. The molecule has 7 heteroatoms. The van der Waals surface area contributed by atoms with Gasteiger partial charge in [-0.1, -0.05) is 23.8 Å². The van der Waals surface area contributed by atoms with Gasteiger partial charge in [-0.25, -0.2) is 0 Å². The Labute approximate surface area is 181 Å². The number of benzene rings is 2. The summed E-state index contributed by atoms with van der Waals surface area (Å²) in [5.41, 5.74) is 1.60. The van der Waals surface area contributed by atoms with Gasteiger partial charge in [0, 0.05) is 29.4 Å². The highest BCUT2D eigenvalue weighted by Gasteiger charge is 2.17. The van der Waals surface area contributed by atoms with E-state index in [1.165, 1.54) is 19.3 Å².